The second kappa shape index (κ2) is 5.37. The molecule has 0 fully saturated rings. The Labute approximate surface area is 103 Å². The molecule has 0 saturated heterocycles. The van der Waals surface area contributed by atoms with Gasteiger partial charge in [0.25, 0.3) is 0 Å². The van der Waals surface area contributed by atoms with Gasteiger partial charge in [-0.15, -0.1) is 0 Å². The molecule has 0 aromatic heterocycles. The van der Waals surface area contributed by atoms with Crippen molar-refractivity contribution >= 4 is 0 Å². The van der Waals surface area contributed by atoms with Crippen LogP contribution in [0.2, 0.25) is 0 Å². The molecule has 1 aromatic carbocycles. The molecule has 0 heterocycles. The molecule has 17 heavy (non-hydrogen) atoms. The van der Waals surface area contributed by atoms with E-state index in [0.29, 0.717) is 6.54 Å². The molecular formula is C15H21NO. The molecule has 0 saturated carbocycles. The predicted molar refractivity (Wildman–Crippen MR) is 71.2 cm³/mol. The second-order valence-electron chi connectivity index (χ2n) is 4.78. The van der Waals surface area contributed by atoms with E-state index in [4.69, 9.17) is 10.5 Å². The molecule has 2 N–H and O–H groups in total. The monoisotopic (exact) mass is 231 g/mol. The quantitative estimate of drug-likeness (QED) is 0.810. The molecule has 2 heteroatoms. The lowest BCUT2D eigenvalue weighted by Gasteiger charge is -2.21. The third-order valence-corrected chi connectivity index (χ3v) is 3.24. The van der Waals surface area contributed by atoms with Gasteiger partial charge in [0.2, 0.25) is 0 Å². The van der Waals surface area contributed by atoms with E-state index in [1.54, 1.807) is 0 Å². The number of hydrogen-bond acceptors (Lipinski definition) is 2. The highest BCUT2D eigenvalue weighted by molar-refractivity contribution is 5.43. The van der Waals surface area contributed by atoms with Crippen molar-refractivity contribution in [1.82, 2.24) is 0 Å². The van der Waals surface area contributed by atoms with E-state index in [2.05, 4.69) is 38.1 Å². The average molecular weight is 231 g/mol. The molecular weight excluding hydrogens is 210 g/mol. The Hall–Kier alpha value is -1.28. The molecule has 0 spiro atoms. The summed E-state index contributed by atoms with van der Waals surface area (Å²) in [4.78, 5) is 0. The van der Waals surface area contributed by atoms with Crippen molar-refractivity contribution in [3.8, 4) is 5.75 Å². The number of ether oxygens (including phenoxy) is 1. The van der Waals surface area contributed by atoms with Gasteiger partial charge in [-0.1, -0.05) is 18.2 Å². The molecule has 1 atom stereocenters. The van der Waals surface area contributed by atoms with Crippen LogP contribution in [-0.4, -0.2) is 6.10 Å². The molecule has 2 nitrogen and oxygen atoms in total. The standard InChI is InChI=1S/C15H21NO/c1-11-8-13(10-16)9-12(2)15(11)17-14-6-4-3-5-7-14/h4,6,8-9,14H,3,5,7,10,16H2,1-2H3. The van der Waals surface area contributed by atoms with Crippen LogP contribution in [0.5, 0.6) is 5.75 Å². The molecule has 1 unspecified atom stereocenters. The number of rotatable bonds is 3. The lowest BCUT2D eigenvalue weighted by molar-refractivity contribution is 0.227. The van der Waals surface area contributed by atoms with Crippen molar-refractivity contribution in [2.45, 2.75) is 45.8 Å². The minimum Gasteiger partial charge on any atom is -0.486 e. The smallest absolute Gasteiger partial charge is 0.126 e. The number of benzene rings is 1. The first-order valence-corrected chi connectivity index (χ1v) is 6.34. The van der Waals surface area contributed by atoms with Crippen LogP contribution in [0.1, 0.15) is 36.0 Å². The SMILES string of the molecule is Cc1cc(CN)cc(C)c1OC1C=CCCC1. The largest absolute Gasteiger partial charge is 0.486 e. The van der Waals surface area contributed by atoms with E-state index in [1.807, 2.05) is 0 Å². The van der Waals surface area contributed by atoms with Crippen LogP contribution in [0.25, 0.3) is 0 Å². The van der Waals surface area contributed by atoms with Crippen LogP contribution in [0.3, 0.4) is 0 Å². The van der Waals surface area contributed by atoms with E-state index < -0.39 is 0 Å². The topological polar surface area (TPSA) is 35.2 Å². The van der Waals surface area contributed by atoms with Gasteiger partial charge < -0.3 is 10.5 Å². The lowest BCUT2D eigenvalue weighted by atomic mass is 10.0. The first-order chi connectivity index (χ1) is 8.20. The Morgan fingerprint density at radius 2 is 2.00 bits per heavy atom. The van der Waals surface area contributed by atoms with Gasteiger partial charge in [-0.3, -0.25) is 0 Å². The Kier molecular flexibility index (Phi) is 3.85. The minimum atomic E-state index is 0.241. The van der Waals surface area contributed by atoms with E-state index in [0.717, 1.165) is 12.2 Å². The fraction of sp³-hybridized carbons (Fsp3) is 0.467. The Morgan fingerprint density at radius 3 is 2.53 bits per heavy atom. The number of nitrogens with two attached hydrogens (primary N) is 1. The zero-order chi connectivity index (χ0) is 12.3. The predicted octanol–water partition coefficient (Wildman–Crippen LogP) is 3.25. The second-order valence-corrected chi connectivity index (χ2v) is 4.78. The van der Waals surface area contributed by atoms with Gasteiger partial charge in [0.05, 0.1) is 0 Å². The summed E-state index contributed by atoms with van der Waals surface area (Å²) < 4.78 is 6.09. The van der Waals surface area contributed by atoms with Crippen molar-refractivity contribution in [2.75, 3.05) is 0 Å². The normalized spacial score (nSPS) is 19.4. The highest BCUT2D eigenvalue weighted by atomic mass is 16.5. The molecule has 0 amide bonds. The Bertz CT molecular complexity index is 400. The molecule has 1 aromatic rings. The van der Waals surface area contributed by atoms with Crippen molar-refractivity contribution in [3.05, 3.63) is 41.0 Å². The van der Waals surface area contributed by atoms with Crippen molar-refractivity contribution in [2.24, 2.45) is 5.73 Å². The maximum Gasteiger partial charge on any atom is 0.126 e. The zero-order valence-electron chi connectivity index (χ0n) is 10.7. The van der Waals surface area contributed by atoms with Gasteiger partial charge in [-0.25, -0.2) is 0 Å². The van der Waals surface area contributed by atoms with Gasteiger partial charge in [0.15, 0.2) is 0 Å². The van der Waals surface area contributed by atoms with Crippen LogP contribution < -0.4 is 10.5 Å². The zero-order valence-corrected chi connectivity index (χ0v) is 10.7. The maximum absolute atomic E-state index is 6.09. The van der Waals surface area contributed by atoms with Crippen LogP contribution in [0, 0.1) is 13.8 Å². The Balaban J connectivity index is 2.20. The molecule has 92 valence electrons. The number of aryl methyl sites for hydroxylation is 2. The summed E-state index contributed by atoms with van der Waals surface area (Å²) in [5, 5.41) is 0. The van der Waals surface area contributed by atoms with E-state index >= 15 is 0 Å². The molecule has 0 bridgehead atoms. The number of allylic oxidation sites excluding steroid dienone is 1. The van der Waals surface area contributed by atoms with Gasteiger partial charge in [-0.2, -0.15) is 0 Å². The van der Waals surface area contributed by atoms with Crippen molar-refractivity contribution in [3.63, 3.8) is 0 Å². The highest BCUT2D eigenvalue weighted by Crippen LogP contribution is 2.27. The summed E-state index contributed by atoms with van der Waals surface area (Å²) in [7, 11) is 0. The van der Waals surface area contributed by atoms with Crippen LogP contribution in [0.15, 0.2) is 24.3 Å². The van der Waals surface area contributed by atoms with Crippen LogP contribution in [-0.2, 0) is 6.54 Å². The van der Waals surface area contributed by atoms with Gasteiger partial charge in [-0.05, 0) is 55.9 Å². The fourth-order valence-corrected chi connectivity index (χ4v) is 2.37. The van der Waals surface area contributed by atoms with Crippen molar-refractivity contribution in [1.29, 1.82) is 0 Å². The maximum atomic E-state index is 6.09. The summed E-state index contributed by atoms with van der Waals surface area (Å²) in [6.45, 7) is 4.77. The third-order valence-electron chi connectivity index (χ3n) is 3.24. The van der Waals surface area contributed by atoms with E-state index in [-0.39, 0.29) is 6.10 Å². The molecule has 2 rings (SSSR count). The summed E-state index contributed by atoms with van der Waals surface area (Å²) >= 11 is 0. The first-order valence-electron chi connectivity index (χ1n) is 6.34. The van der Waals surface area contributed by atoms with E-state index in [1.165, 1.54) is 29.5 Å². The minimum absolute atomic E-state index is 0.241. The Morgan fingerprint density at radius 1 is 1.29 bits per heavy atom. The van der Waals surface area contributed by atoms with Crippen LogP contribution in [0.4, 0.5) is 0 Å². The van der Waals surface area contributed by atoms with E-state index in [9.17, 15) is 0 Å². The van der Waals surface area contributed by atoms with Crippen LogP contribution >= 0.6 is 0 Å². The number of hydrogen-bond donors (Lipinski definition) is 1. The van der Waals surface area contributed by atoms with Gasteiger partial charge >= 0.3 is 0 Å². The van der Waals surface area contributed by atoms with Gasteiger partial charge in [0.1, 0.15) is 11.9 Å². The lowest BCUT2D eigenvalue weighted by Crippen LogP contribution is -2.17. The van der Waals surface area contributed by atoms with Gasteiger partial charge in [0, 0.05) is 6.54 Å². The summed E-state index contributed by atoms with van der Waals surface area (Å²) in [6, 6.07) is 4.24. The molecule has 1 aliphatic carbocycles. The molecule has 0 radical (unpaired) electrons. The van der Waals surface area contributed by atoms with Crippen molar-refractivity contribution < 1.29 is 4.74 Å². The summed E-state index contributed by atoms with van der Waals surface area (Å²) in [5.41, 5.74) is 9.21. The average Bonchev–Trinajstić information content (AvgIpc) is 2.35. The summed E-state index contributed by atoms with van der Waals surface area (Å²) in [5.74, 6) is 1.03. The molecule has 0 aliphatic heterocycles. The first kappa shape index (κ1) is 12.2. The fourth-order valence-electron chi connectivity index (χ4n) is 2.37. The highest BCUT2D eigenvalue weighted by Gasteiger charge is 2.13. The summed E-state index contributed by atoms with van der Waals surface area (Å²) in [6.07, 6.45) is 8.16. The molecule has 1 aliphatic rings. The third kappa shape index (κ3) is 2.89.